The zero-order valence-corrected chi connectivity index (χ0v) is 93.0. The number of hydrogen-bond acceptors (Lipinski definition) is 21. The van der Waals surface area contributed by atoms with Crippen LogP contribution in [0.3, 0.4) is 0 Å². The van der Waals surface area contributed by atoms with Crippen LogP contribution in [-0.4, -0.2) is 238 Å². The van der Waals surface area contributed by atoms with Crippen molar-refractivity contribution in [2.45, 2.75) is 375 Å². The number of amides is 12. The molecule has 0 spiro atoms. The van der Waals surface area contributed by atoms with E-state index in [0.29, 0.717) is 77.8 Å². The molecule has 12 aliphatic rings. The lowest BCUT2D eigenvalue weighted by Crippen LogP contribution is -2.58. The Morgan fingerprint density at radius 2 is 0.705 bits per heavy atom. The van der Waals surface area contributed by atoms with E-state index in [-0.39, 0.29) is 106 Å². The molecule has 12 amide bonds. The van der Waals surface area contributed by atoms with Gasteiger partial charge < -0.3 is 89.7 Å². The molecule has 4 aromatic rings. The van der Waals surface area contributed by atoms with Crippen LogP contribution in [0.15, 0.2) is 84.9 Å². The molecule has 39 heteroatoms. The summed E-state index contributed by atoms with van der Waals surface area (Å²) in [6.07, 6.45) is 7.64. The van der Waals surface area contributed by atoms with Gasteiger partial charge in [0.05, 0.1) is 39.5 Å². The minimum absolute atomic E-state index is 0.00795. The lowest BCUT2D eigenvalue weighted by Gasteiger charge is -2.36. The molecule has 3 aliphatic carbocycles. The van der Waals surface area contributed by atoms with Crippen molar-refractivity contribution in [3.05, 3.63) is 135 Å². The number of hydrogen-bond donors (Lipinski definition) is 9. The van der Waals surface area contributed by atoms with Gasteiger partial charge in [0, 0.05) is 75.7 Å². The lowest BCUT2D eigenvalue weighted by molar-refractivity contribution is -0.142. The van der Waals surface area contributed by atoms with Crippen LogP contribution in [0.2, 0.25) is 0 Å². The number of nitrogens with one attached hydrogen (secondary N) is 6. The standard InChI is InChI=1S/C39H53N4O8P.C36H55N4O8P.C35H53N4O8P/c1-6-28-20-39(28,52(48,49)30-17-8-7-9-18-30)41-34(44)32-19-29-22-43(32)35(45)33(38(3,4)5)40-36(46)50-24-25(2)13-10-11-14-26-15-12-16-27-21-42(23-31(26)27)37(47)51-29;1-8-26-17-36(26,49(45,46)22(2)3)38-31(41)29-16-27-19-40(29)32(42)30(35(5,6)7)37-33(43)47-21-23(4)12-9-10-13-24-14-11-15-25-18-39(20-28(24)25)34(44)48-27;1-7-25-17-35(25,48(44,45)8-2)37-30(40)28-16-26-19-39(28)31(41)29(34(4,5)6)36-32(42)46-21-22(3)12-9-10-13-23-14-11-15-24-18-38(20-27(23)24)33(43)47-26/h7-9,12,15-18,25,28-29,32-33H,6,10-11,13-14,19-24H2,1-5H3,(H,40,46)(H,41,44)(H,48,49);11,14-15,22-23,26-27,29-30H,8-10,12-13,16-21H2,1-7H3,(H,37,43)(H,38,41)(H,45,46);11,14-15,22,25-26,28-29H,7-10,12-13,16-21H2,1-6H3,(H,36,42)(H,37,40)(H,44,45)/t25-,28-,29-,32+,33-,39+;23-,26-,27-,29+,30-,36+;22-,25-,26-,28+,29-,35+/m111/s1. The van der Waals surface area contributed by atoms with Gasteiger partial charge in [0.2, 0.25) is 50.2 Å². The molecular weight excluding hydrogens is 1970 g/mol. The van der Waals surface area contributed by atoms with Crippen molar-refractivity contribution in [1.29, 1.82) is 0 Å². The van der Waals surface area contributed by atoms with Crippen molar-refractivity contribution in [3.63, 3.8) is 0 Å². The van der Waals surface area contributed by atoms with Crippen molar-refractivity contribution in [2.75, 3.05) is 45.6 Å². The number of carbonyl (C=O) groups excluding carboxylic acids is 12. The maximum absolute atomic E-state index is 14.5. The zero-order chi connectivity index (χ0) is 108. The molecule has 36 nitrogen and oxygen atoms in total. The van der Waals surface area contributed by atoms with Gasteiger partial charge in [-0.25, -0.2) is 28.8 Å². The normalized spacial score (nSPS) is 30.7. The molecular formula is C110H161N12O24P3. The predicted octanol–water partition coefficient (Wildman–Crippen LogP) is 16.1. The summed E-state index contributed by atoms with van der Waals surface area (Å²) in [6.45, 7) is 36.0. The second-order valence-electron chi connectivity index (χ2n) is 47.5. The van der Waals surface area contributed by atoms with Crippen LogP contribution in [0.25, 0.3) is 0 Å². The van der Waals surface area contributed by atoms with Gasteiger partial charge in [0.1, 0.15) is 70.4 Å². The Kier molecular flexibility index (Phi) is 35.7. The third-order valence-electron chi connectivity index (χ3n) is 32.9. The first-order chi connectivity index (χ1) is 70.2. The predicted molar refractivity (Wildman–Crippen MR) is 561 cm³/mol. The summed E-state index contributed by atoms with van der Waals surface area (Å²) in [4.78, 5) is 209. The highest BCUT2D eigenvalue weighted by atomic mass is 31.2. The molecule has 0 aromatic heterocycles. The van der Waals surface area contributed by atoms with Crippen molar-refractivity contribution in [1.82, 2.24) is 61.3 Å². The number of alkyl carbamates (subject to hydrolysis) is 3. The Morgan fingerprint density at radius 1 is 0.409 bits per heavy atom. The Labute approximate surface area is 877 Å². The number of carbonyl (C=O) groups is 12. The molecule has 9 heterocycles. The Morgan fingerprint density at radius 3 is 1.00 bits per heavy atom. The van der Waals surface area contributed by atoms with Crippen LogP contribution in [0, 0.1) is 51.8 Å². The van der Waals surface area contributed by atoms with Gasteiger partial charge in [-0.2, -0.15) is 0 Å². The molecule has 3 unspecified atom stereocenters. The number of fused-ring (bicyclic) bond motifs is 9. The lowest BCUT2D eigenvalue weighted by atomic mass is 9.85. The van der Waals surface area contributed by atoms with Gasteiger partial charge in [-0.3, -0.25) is 57.2 Å². The second-order valence-corrected chi connectivity index (χ2v) is 55.8. The fourth-order valence-corrected chi connectivity index (χ4v) is 30.3. The van der Waals surface area contributed by atoms with Crippen LogP contribution < -0.4 is 37.2 Å². The zero-order valence-electron chi connectivity index (χ0n) is 90.3. The largest absolute Gasteiger partial charge is 0.449 e. The molecule has 820 valence electrons. The molecule has 9 N–H and O–H groups in total. The SMILES string of the molecule is CC[C@@H]1C[C@]1(NC(=O)[C@@H]1C[C@@H]2CN1C(=O)[C@H](C(C)(C)C)NC(=O)OC[C@H](C)CCCCc1cccc3c1CN(C3)C(=O)O2)P(=O)(O)C(C)C.CC[C@@H]1C[C@]1(NC(=O)[C@@H]1C[C@@H]2CN1C(=O)[C@H](C(C)(C)C)NC(=O)OC[C@H](C)CCCCc1cccc3c1CN(C3)C(=O)O2)P(=O)(O)CC.CC[C@@H]1C[C@]1(NC(=O)[C@@H]1C[C@@H]2CN1C(=O)[C@H](C(C)(C)C)NC(=O)OC[C@H](C)CCCCc1cccc3c1CN(C3)C(=O)O2)P(=O)(O)c1ccccc1. The van der Waals surface area contributed by atoms with Gasteiger partial charge >= 0.3 is 36.6 Å². The van der Waals surface area contributed by atoms with Crippen LogP contribution in [0.1, 0.15) is 290 Å². The molecule has 3 saturated carbocycles. The van der Waals surface area contributed by atoms with E-state index >= 15 is 0 Å². The van der Waals surface area contributed by atoms with E-state index in [4.69, 9.17) is 28.4 Å². The molecule has 12 bridgehead atoms. The van der Waals surface area contributed by atoms with E-state index in [1.54, 1.807) is 65.8 Å². The molecule has 6 fully saturated rings. The molecule has 149 heavy (non-hydrogen) atoms. The Hall–Kier alpha value is -10.1. The molecule has 3 saturated heterocycles. The number of rotatable bonds is 15. The molecule has 9 aliphatic heterocycles. The molecule has 21 atom stereocenters. The van der Waals surface area contributed by atoms with E-state index in [0.717, 1.165) is 110 Å². The van der Waals surface area contributed by atoms with Crippen molar-refractivity contribution in [2.24, 2.45) is 51.8 Å². The van der Waals surface area contributed by atoms with E-state index in [1.165, 1.54) is 31.4 Å². The highest BCUT2D eigenvalue weighted by Gasteiger charge is 2.70. The maximum atomic E-state index is 14.5. The molecule has 16 rings (SSSR count). The van der Waals surface area contributed by atoms with Crippen LogP contribution >= 0.6 is 22.1 Å². The van der Waals surface area contributed by atoms with Crippen molar-refractivity contribution in [3.8, 4) is 0 Å². The van der Waals surface area contributed by atoms with E-state index in [2.05, 4.69) is 50.1 Å². The summed E-state index contributed by atoms with van der Waals surface area (Å²) >= 11 is 0. The van der Waals surface area contributed by atoms with Crippen LogP contribution in [0.5, 0.6) is 0 Å². The summed E-state index contributed by atoms with van der Waals surface area (Å²) in [5.74, 6) is -3.53. The fourth-order valence-electron chi connectivity index (χ4n) is 23.4. The summed E-state index contributed by atoms with van der Waals surface area (Å²) < 4.78 is 75.9. The first-order valence-electron chi connectivity index (χ1n) is 54.1. The third-order valence-corrected chi connectivity index (χ3v) is 41.6. The monoisotopic (exact) mass is 2130 g/mol. The number of ether oxygens (including phenoxy) is 6. The summed E-state index contributed by atoms with van der Waals surface area (Å²) in [5, 5.41) is 13.4. The summed E-state index contributed by atoms with van der Waals surface area (Å²) in [5.41, 5.74) is 7.36. The van der Waals surface area contributed by atoms with Crippen molar-refractivity contribution < 1.29 is 114 Å². The maximum Gasteiger partial charge on any atom is 0.410 e. The van der Waals surface area contributed by atoms with Gasteiger partial charge in [-0.05, 0) is 191 Å². The van der Waals surface area contributed by atoms with Gasteiger partial charge in [-0.1, -0.05) is 236 Å². The average Bonchev–Trinajstić information content (AvgIpc) is 1.55. The number of cyclic esters (lactones) is 3. The topological polar surface area (TPSA) is 464 Å². The highest BCUT2D eigenvalue weighted by molar-refractivity contribution is 7.68. The van der Waals surface area contributed by atoms with Crippen molar-refractivity contribution >= 4 is 99.4 Å². The fraction of sp³-hybridized carbons (Fsp3) is 0.673. The van der Waals surface area contributed by atoms with Crippen LogP contribution in [-0.2, 0) is 129 Å². The van der Waals surface area contributed by atoms with E-state index in [1.807, 2.05) is 140 Å². The Balaban J connectivity index is 0.000000176. The third kappa shape index (κ3) is 25.5. The second kappa shape index (κ2) is 46.4. The first kappa shape index (κ1) is 114. The van der Waals surface area contributed by atoms with E-state index in [9.17, 15) is 85.9 Å². The van der Waals surface area contributed by atoms with Crippen LogP contribution in [0.4, 0.5) is 28.8 Å². The summed E-state index contributed by atoms with van der Waals surface area (Å²) in [7, 11) is -11.7. The quantitative estimate of drug-likeness (QED) is 0.0394. The minimum Gasteiger partial charge on any atom is -0.449 e. The van der Waals surface area contributed by atoms with Gasteiger partial charge in [-0.15, -0.1) is 0 Å². The smallest absolute Gasteiger partial charge is 0.410 e. The minimum atomic E-state index is -4.11. The van der Waals surface area contributed by atoms with E-state index < -0.39 is 186 Å². The molecule has 4 aromatic carbocycles. The molecule has 0 radical (unpaired) electrons. The average molecular weight is 2130 g/mol. The summed E-state index contributed by atoms with van der Waals surface area (Å²) in [6, 6.07) is 20.3. The first-order valence-corrected chi connectivity index (χ1v) is 59.3. The highest BCUT2D eigenvalue weighted by Crippen LogP contribution is 2.73. The number of aryl methyl sites for hydroxylation is 3. The van der Waals surface area contributed by atoms with Gasteiger partial charge in [0.15, 0.2) is 0 Å². The van der Waals surface area contributed by atoms with Gasteiger partial charge in [0.25, 0.3) is 7.37 Å². The Bertz CT molecular complexity index is 5770. The number of benzene rings is 4. The number of nitrogens with zero attached hydrogens (tertiary/aromatic N) is 6.